The molecule has 2 rings (SSSR count). The normalized spacial score (nSPS) is 22.0. The summed E-state index contributed by atoms with van der Waals surface area (Å²) in [5.41, 5.74) is 1.40. The van der Waals surface area contributed by atoms with Crippen molar-refractivity contribution in [1.82, 2.24) is 9.55 Å². The zero-order valence-electron chi connectivity index (χ0n) is 8.75. The van der Waals surface area contributed by atoms with E-state index in [1.54, 1.807) is 0 Å². The van der Waals surface area contributed by atoms with Crippen molar-refractivity contribution in [2.45, 2.75) is 46.1 Å². The predicted octanol–water partition coefficient (Wildman–Crippen LogP) is 2.59. The first-order valence-corrected chi connectivity index (χ1v) is 5.22. The molecule has 2 heterocycles. The molecule has 2 nitrogen and oxygen atoms in total. The molecule has 1 aliphatic heterocycles. The van der Waals surface area contributed by atoms with Crippen molar-refractivity contribution in [2.24, 2.45) is 5.92 Å². The zero-order chi connectivity index (χ0) is 9.42. The molecule has 0 saturated carbocycles. The van der Waals surface area contributed by atoms with Gasteiger partial charge < -0.3 is 4.57 Å². The number of hydrogen-bond donors (Lipinski definition) is 0. The first-order valence-electron chi connectivity index (χ1n) is 5.22. The highest BCUT2D eigenvalue weighted by Crippen LogP contribution is 2.24. The summed E-state index contributed by atoms with van der Waals surface area (Å²) in [6, 6.07) is 0. The molecule has 1 aromatic rings. The Kier molecular flexibility index (Phi) is 2.14. The van der Waals surface area contributed by atoms with Crippen molar-refractivity contribution in [1.29, 1.82) is 0 Å². The van der Waals surface area contributed by atoms with Crippen LogP contribution in [0.1, 0.15) is 44.6 Å². The molecule has 0 N–H and O–H groups in total. The Hall–Kier alpha value is -0.790. The van der Waals surface area contributed by atoms with E-state index in [0.717, 1.165) is 12.3 Å². The lowest BCUT2D eigenvalue weighted by Gasteiger charge is -2.22. The molecule has 0 aromatic carbocycles. The van der Waals surface area contributed by atoms with Gasteiger partial charge in [-0.15, -0.1) is 0 Å². The molecule has 0 fully saturated rings. The SMILES string of the molecule is CC(C)c1cnc2n1CC[C@H](C)C2. The molecule has 1 aromatic heterocycles. The second-order valence-corrected chi connectivity index (χ2v) is 4.50. The summed E-state index contributed by atoms with van der Waals surface area (Å²) in [6.07, 6.45) is 4.52. The minimum Gasteiger partial charge on any atom is -0.332 e. The van der Waals surface area contributed by atoms with E-state index < -0.39 is 0 Å². The van der Waals surface area contributed by atoms with Crippen LogP contribution in [0.3, 0.4) is 0 Å². The Morgan fingerprint density at radius 3 is 3.00 bits per heavy atom. The predicted molar refractivity (Wildman–Crippen MR) is 53.8 cm³/mol. The second kappa shape index (κ2) is 3.17. The standard InChI is InChI=1S/C11H18N2/c1-8(2)10-7-12-11-6-9(3)4-5-13(10)11/h7-9H,4-6H2,1-3H3/t9-/m0/s1. The molecular weight excluding hydrogens is 160 g/mol. The Morgan fingerprint density at radius 2 is 2.31 bits per heavy atom. The summed E-state index contributed by atoms with van der Waals surface area (Å²) in [6.45, 7) is 7.96. The van der Waals surface area contributed by atoms with Crippen LogP contribution in [0.25, 0.3) is 0 Å². The largest absolute Gasteiger partial charge is 0.332 e. The van der Waals surface area contributed by atoms with Crippen molar-refractivity contribution in [3.05, 3.63) is 17.7 Å². The minimum absolute atomic E-state index is 0.606. The number of fused-ring (bicyclic) bond motifs is 1. The highest BCUT2D eigenvalue weighted by atomic mass is 15.1. The van der Waals surface area contributed by atoms with Crippen molar-refractivity contribution >= 4 is 0 Å². The first kappa shape index (κ1) is 8.79. The van der Waals surface area contributed by atoms with Crippen LogP contribution in [0.15, 0.2) is 6.20 Å². The van der Waals surface area contributed by atoms with Gasteiger partial charge in [-0.05, 0) is 18.3 Å². The lowest BCUT2D eigenvalue weighted by atomic mass is 10.00. The summed E-state index contributed by atoms with van der Waals surface area (Å²) in [7, 11) is 0. The fourth-order valence-corrected chi connectivity index (χ4v) is 2.07. The Labute approximate surface area is 80.0 Å². The van der Waals surface area contributed by atoms with Crippen molar-refractivity contribution in [3.63, 3.8) is 0 Å². The molecule has 1 atom stereocenters. The van der Waals surface area contributed by atoms with E-state index in [0.29, 0.717) is 5.92 Å². The molecule has 13 heavy (non-hydrogen) atoms. The van der Waals surface area contributed by atoms with Crippen LogP contribution in [-0.2, 0) is 13.0 Å². The number of rotatable bonds is 1. The molecule has 1 aliphatic rings. The van der Waals surface area contributed by atoms with Gasteiger partial charge in [0.05, 0.1) is 0 Å². The van der Waals surface area contributed by atoms with Gasteiger partial charge in [0.2, 0.25) is 0 Å². The van der Waals surface area contributed by atoms with E-state index in [2.05, 4.69) is 36.5 Å². The lowest BCUT2D eigenvalue weighted by molar-refractivity contribution is 0.400. The van der Waals surface area contributed by atoms with Gasteiger partial charge in [0.1, 0.15) is 5.82 Å². The second-order valence-electron chi connectivity index (χ2n) is 4.50. The van der Waals surface area contributed by atoms with Gasteiger partial charge in [0.25, 0.3) is 0 Å². The van der Waals surface area contributed by atoms with Crippen LogP contribution in [0.4, 0.5) is 0 Å². The van der Waals surface area contributed by atoms with Gasteiger partial charge in [0, 0.05) is 24.9 Å². The van der Waals surface area contributed by atoms with Crippen LogP contribution in [0.5, 0.6) is 0 Å². The Balaban J connectivity index is 2.33. The third-order valence-corrected chi connectivity index (χ3v) is 2.94. The number of nitrogens with zero attached hydrogens (tertiary/aromatic N) is 2. The van der Waals surface area contributed by atoms with E-state index in [-0.39, 0.29) is 0 Å². The average Bonchev–Trinajstić information content (AvgIpc) is 2.46. The fourth-order valence-electron chi connectivity index (χ4n) is 2.07. The molecule has 0 radical (unpaired) electrons. The quantitative estimate of drug-likeness (QED) is 0.646. The highest BCUT2D eigenvalue weighted by molar-refractivity contribution is 5.11. The van der Waals surface area contributed by atoms with Crippen molar-refractivity contribution in [3.8, 4) is 0 Å². The van der Waals surface area contributed by atoms with Crippen LogP contribution >= 0.6 is 0 Å². The summed E-state index contributed by atoms with van der Waals surface area (Å²) < 4.78 is 2.41. The third-order valence-electron chi connectivity index (χ3n) is 2.94. The molecular formula is C11H18N2. The molecule has 2 heteroatoms. The van der Waals surface area contributed by atoms with Gasteiger partial charge in [-0.3, -0.25) is 0 Å². The first-order chi connectivity index (χ1) is 6.18. The Morgan fingerprint density at radius 1 is 1.54 bits per heavy atom. The maximum absolute atomic E-state index is 4.49. The van der Waals surface area contributed by atoms with Gasteiger partial charge >= 0.3 is 0 Å². The topological polar surface area (TPSA) is 17.8 Å². The van der Waals surface area contributed by atoms with E-state index in [4.69, 9.17) is 0 Å². The molecule has 0 amide bonds. The summed E-state index contributed by atoms with van der Waals surface area (Å²) in [5, 5.41) is 0. The van der Waals surface area contributed by atoms with E-state index in [1.165, 1.54) is 24.5 Å². The van der Waals surface area contributed by atoms with Gasteiger partial charge in [0.15, 0.2) is 0 Å². The minimum atomic E-state index is 0.606. The fraction of sp³-hybridized carbons (Fsp3) is 0.727. The number of hydrogen-bond acceptors (Lipinski definition) is 1. The van der Waals surface area contributed by atoms with Gasteiger partial charge in [-0.1, -0.05) is 20.8 Å². The monoisotopic (exact) mass is 178 g/mol. The molecule has 0 unspecified atom stereocenters. The lowest BCUT2D eigenvalue weighted by Crippen LogP contribution is -2.19. The molecule has 0 saturated heterocycles. The maximum atomic E-state index is 4.49. The molecule has 0 spiro atoms. The van der Waals surface area contributed by atoms with Crippen LogP contribution in [0, 0.1) is 5.92 Å². The summed E-state index contributed by atoms with van der Waals surface area (Å²) in [5.74, 6) is 2.71. The van der Waals surface area contributed by atoms with Crippen LogP contribution in [-0.4, -0.2) is 9.55 Å². The van der Waals surface area contributed by atoms with E-state index in [9.17, 15) is 0 Å². The van der Waals surface area contributed by atoms with Crippen LogP contribution in [0.2, 0.25) is 0 Å². The zero-order valence-corrected chi connectivity index (χ0v) is 8.75. The highest BCUT2D eigenvalue weighted by Gasteiger charge is 2.19. The number of imidazole rings is 1. The summed E-state index contributed by atoms with van der Waals surface area (Å²) in [4.78, 5) is 4.49. The average molecular weight is 178 g/mol. The molecule has 0 bridgehead atoms. The molecule has 0 aliphatic carbocycles. The maximum Gasteiger partial charge on any atom is 0.109 e. The molecule has 72 valence electrons. The van der Waals surface area contributed by atoms with Crippen LogP contribution < -0.4 is 0 Å². The number of aromatic nitrogens is 2. The van der Waals surface area contributed by atoms with E-state index in [1.807, 2.05) is 0 Å². The van der Waals surface area contributed by atoms with Gasteiger partial charge in [-0.2, -0.15) is 0 Å². The van der Waals surface area contributed by atoms with Gasteiger partial charge in [-0.25, -0.2) is 4.98 Å². The summed E-state index contributed by atoms with van der Waals surface area (Å²) >= 11 is 0. The van der Waals surface area contributed by atoms with Crippen molar-refractivity contribution < 1.29 is 0 Å². The van der Waals surface area contributed by atoms with E-state index >= 15 is 0 Å². The Bertz CT molecular complexity index is 299. The van der Waals surface area contributed by atoms with Crippen molar-refractivity contribution in [2.75, 3.05) is 0 Å². The smallest absolute Gasteiger partial charge is 0.109 e. The third kappa shape index (κ3) is 1.50.